The van der Waals surface area contributed by atoms with Gasteiger partial charge < -0.3 is 4.74 Å². The van der Waals surface area contributed by atoms with Crippen LogP contribution in [0.1, 0.15) is 39.5 Å². The predicted octanol–water partition coefficient (Wildman–Crippen LogP) is 2.48. The summed E-state index contributed by atoms with van der Waals surface area (Å²) in [4.78, 5) is 12.3. The monoisotopic (exact) mass is 206 g/mol. The summed E-state index contributed by atoms with van der Waals surface area (Å²) in [6.07, 6.45) is 6.69. The second kappa shape index (κ2) is 2.94. The summed E-state index contributed by atoms with van der Waals surface area (Å²) in [5, 5.41) is 0. The molecule has 2 fully saturated rings. The van der Waals surface area contributed by atoms with E-state index in [1.807, 2.05) is 0 Å². The van der Waals surface area contributed by atoms with Crippen LogP contribution in [0.15, 0.2) is 11.6 Å². The van der Waals surface area contributed by atoms with Crippen molar-refractivity contribution < 1.29 is 9.53 Å². The van der Waals surface area contributed by atoms with E-state index in [1.165, 1.54) is 18.4 Å². The van der Waals surface area contributed by atoms with E-state index < -0.39 is 0 Å². The Morgan fingerprint density at radius 1 is 1.40 bits per heavy atom. The molecule has 0 spiro atoms. The third-order valence-electron chi connectivity index (χ3n) is 4.61. The molecule has 82 valence electrons. The van der Waals surface area contributed by atoms with Gasteiger partial charge in [0, 0.05) is 5.92 Å². The molecule has 2 heterocycles. The molecule has 0 amide bonds. The summed E-state index contributed by atoms with van der Waals surface area (Å²) in [6, 6.07) is 0. The summed E-state index contributed by atoms with van der Waals surface area (Å²) >= 11 is 0. The van der Waals surface area contributed by atoms with Crippen molar-refractivity contribution in [3.63, 3.8) is 0 Å². The van der Waals surface area contributed by atoms with Gasteiger partial charge in [0.05, 0.1) is 17.6 Å². The third kappa shape index (κ3) is 1.12. The fourth-order valence-electron chi connectivity index (χ4n) is 3.51. The first-order valence-corrected chi connectivity index (χ1v) is 6.03. The Morgan fingerprint density at radius 2 is 2.13 bits per heavy atom. The highest BCUT2D eigenvalue weighted by Gasteiger charge is 2.55. The van der Waals surface area contributed by atoms with Gasteiger partial charge in [-0.2, -0.15) is 0 Å². The van der Waals surface area contributed by atoms with Crippen LogP contribution < -0.4 is 0 Å². The molecule has 0 aromatic heterocycles. The van der Waals surface area contributed by atoms with E-state index in [2.05, 4.69) is 19.9 Å². The van der Waals surface area contributed by atoms with Crippen LogP contribution in [-0.4, -0.2) is 17.5 Å². The van der Waals surface area contributed by atoms with E-state index in [9.17, 15) is 4.79 Å². The van der Waals surface area contributed by atoms with Gasteiger partial charge in [0.15, 0.2) is 0 Å². The summed E-state index contributed by atoms with van der Waals surface area (Å²) in [5.41, 5.74) is 0.998. The van der Waals surface area contributed by atoms with Gasteiger partial charge in [0.25, 0.3) is 0 Å². The smallest absolute Gasteiger partial charge is 0.145 e. The zero-order chi connectivity index (χ0) is 10.6. The van der Waals surface area contributed by atoms with E-state index in [4.69, 9.17) is 4.74 Å². The fraction of sp³-hybridized carbons (Fsp3) is 0.769. The van der Waals surface area contributed by atoms with Gasteiger partial charge >= 0.3 is 0 Å². The van der Waals surface area contributed by atoms with Gasteiger partial charge in [-0.05, 0) is 32.3 Å². The molecule has 0 aromatic rings. The van der Waals surface area contributed by atoms with E-state index in [0.29, 0.717) is 5.78 Å². The van der Waals surface area contributed by atoms with Gasteiger partial charge in [0.2, 0.25) is 0 Å². The van der Waals surface area contributed by atoms with Crippen LogP contribution in [0.3, 0.4) is 0 Å². The highest BCUT2D eigenvalue weighted by molar-refractivity contribution is 5.87. The first-order chi connectivity index (χ1) is 7.13. The maximum atomic E-state index is 12.3. The van der Waals surface area contributed by atoms with Crippen LogP contribution in [0.2, 0.25) is 0 Å². The summed E-state index contributed by atoms with van der Waals surface area (Å²) < 4.78 is 6.10. The van der Waals surface area contributed by atoms with Crippen LogP contribution in [-0.2, 0) is 9.53 Å². The van der Waals surface area contributed by atoms with E-state index in [0.717, 1.165) is 12.8 Å². The molecule has 1 saturated heterocycles. The molecule has 1 saturated carbocycles. The molecule has 1 aliphatic carbocycles. The normalized spacial score (nSPS) is 48.8. The highest BCUT2D eigenvalue weighted by atomic mass is 16.5. The minimum Gasteiger partial charge on any atom is -0.362 e. The van der Waals surface area contributed by atoms with E-state index >= 15 is 0 Å². The molecule has 4 atom stereocenters. The molecule has 3 aliphatic rings. The Kier molecular flexibility index (Phi) is 1.88. The molecular formula is C13H18O2. The zero-order valence-corrected chi connectivity index (χ0v) is 9.45. The van der Waals surface area contributed by atoms with Crippen molar-refractivity contribution >= 4 is 5.78 Å². The minimum absolute atomic E-state index is 0.0804. The predicted molar refractivity (Wildman–Crippen MR) is 57.5 cm³/mol. The second-order valence-electron chi connectivity index (χ2n) is 5.39. The van der Waals surface area contributed by atoms with Crippen molar-refractivity contribution in [3.8, 4) is 0 Å². The van der Waals surface area contributed by atoms with Crippen LogP contribution in [0, 0.1) is 11.8 Å². The summed E-state index contributed by atoms with van der Waals surface area (Å²) in [7, 11) is 0. The molecule has 3 rings (SSSR count). The molecule has 4 bridgehead atoms. The molecule has 2 heteroatoms. The standard InChI is InChI=1S/C13H18O2/c1-8-7-11-9-5-3-4-6-10(12(9)14)13(8,2)15-11/h7,9-11H,3-6H2,1-2H3/t9-,10+,11+,13+/m1/s1. The number of hydrogen-bond donors (Lipinski definition) is 0. The molecule has 15 heavy (non-hydrogen) atoms. The Hall–Kier alpha value is -0.630. The lowest BCUT2D eigenvalue weighted by Gasteiger charge is -2.41. The SMILES string of the molecule is CC1=C[C@@H]2O[C@]1(C)[C@H]1CCCC[C@H]2C1=O. The van der Waals surface area contributed by atoms with Crippen molar-refractivity contribution in [3.05, 3.63) is 11.6 Å². The Bertz CT molecular complexity index is 344. The van der Waals surface area contributed by atoms with Gasteiger partial charge in [-0.1, -0.05) is 18.9 Å². The number of carbonyl (C=O) groups excluding carboxylic acids is 1. The Morgan fingerprint density at radius 3 is 2.93 bits per heavy atom. The van der Waals surface area contributed by atoms with E-state index in [-0.39, 0.29) is 23.5 Å². The van der Waals surface area contributed by atoms with Crippen molar-refractivity contribution in [2.75, 3.05) is 0 Å². The zero-order valence-electron chi connectivity index (χ0n) is 9.45. The summed E-state index contributed by atoms with van der Waals surface area (Å²) in [6.45, 7) is 4.22. The maximum Gasteiger partial charge on any atom is 0.145 e. The lowest BCUT2D eigenvalue weighted by molar-refractivity contribution is -0.159. The van der Waals surface area contributed by atoms with Crippen LogP contribution >= 0.6 is 0 Å². The largest absolute Gasteiger partial charge is 0.362 e. The number of rotatable bonds is 0. The Balaban J connectivity index is 2.08. The first-order valence-electron chi connectivity index (χ1n) is 6.03. The van der Waals surface area contributed by atoms with Crippen LogP contribution in [0.25, 0.3) is 0 Å². The first kappa shape index (κ1) is 9.59. The third-order valence-corrected chi connectivity index (χ3v) is 4.61. The van der Waals surface area contributed by atoms with Crippen molar-refractivity contribution in [1.29, 1.82) is 0 Å². The average Bonchev–Trinajstić information content (AvgIpc) is 2.35. The topological polar surface area (TPSA) is 26.3 Å². The quantitative estimate of drug-likeness (QED) is 0.569. The number of ketones is 1. The number of carbonyl (C=O) groups is 1. The minimum atomic E-state index is -0.275. The Labute approximate surface area is 90.7 Å². The van der Waals surface area contributed by atoms with Crippen LogP contribution in [0.4, 0.5) is 0 Å². The van der Waals surface area contributed by atoms with Crippen molar-refractivity contribution in [2.45, 2.75) is 51.2 Å². The van der Waals surface area contributed by atoms with Crippen LogP contribution in [0.5, 0.6) is 0 Å². The molecule has 2 aliphatic heterocycles. The molecule has 2 nitrogen and oxygen atoms in total. The van der Waals surface area contributed by atoms with Gasteiger partial charge in [-0.3, -0.25) is 4.79 Å². The maximum absolute atomic E-state index is 12.3. The molecule has 0 N–H and O–H groups in total. The lowest BCUT2D eigenvalue weighted by atomic mass is 9.76. The lowest BCUT2D eigenvalue weighted by Crippen LogP contribution is -2.50. The number of Topliss-reactive ketones (excluding diaryl/α,β-unsaturated/α-hetero) is 1. The molecule has 0 radical (unpaired) electrons. The molecule has 0 unspecified atom stereocenters. The molecule has 0 aromatic carbocycles. The van der Waals surface area contributed by atoms with Gasteiger partial charge in [-0.15, -0.1) is 0 Å². The summed E-state index contributed by atoms with van der Waals surface area (Å²) in [5.74, 6) is 0.752. The average molecular weight is 206 g/mol. The van der Waals surface area contributed by atoms with Crippen molar-refractivity contribution in [2.24, 2.45) is 11.8 Å². The second-order valence-corrected chi connectivity index (χ2v) is 5.39. The van der Waals surface area contributed by atoms with Crippen molar-refractivity contribution in [1.82, 2.24) is 0 Å². The van der Waals surface area contributed by atoms with E-state index in [1.54, 1.807) is 0 Å². The van der Waals surface area contributed by atoms with Gasteiger partial charge in [-0.25, -0.2) is 0 Å². The van der Waals surface area contributed by atoms with Gasteiger partial charge in [0.1, 0.15) is 5.78 Å². The number of hydrogen-bond acceptors (Lipinski definition) is 2. The number of ether oxygens (including phenoxy) is 1. The fourth-order valence-corrected chi connectivity index (χ4v) is 3.51. The molecular weight excluding hydrogens is 188 g/mol. The highest BCUT2D eigenvalue weighted by Crippen LogP contribution is 2.49. The number of fused-ring (bicyclic) bond motifs is 6.